The predicted molar refractivity (Wildman–Crippen MR) is 69.4 cm³/mol. The second-order valence-corrected chi connectivity index (χ2v) is 11.0. The van der Waals surface area contributed by atoms with Gasteiger partial charge in [-0.25, -0.2) is 0 Å². The van der Waals surface area contributed by atoms with Crippen molar-refractivity contribution in [1.29, 1.82) is 0 Å². The first-order chi connectivity index (χ1) is 7.38. The van der Waals surface area contributed by atoms with Crippen LogP contribution in [-0.2, 0) is 11.2 Å². The van der Waals surface area contributed by atoms with E-state index in [1.807, 2.05) is 30.3 Å². The van der Waals surface area contributed by atoms with Crippen molar-refractivity contribution in [3.8, 4) is 0 Å². The Morgan fingerprint density at radius 2 is 1.81 bits per heavy atom. The Hall–Kier alpha value is -1.09. The first-order valence-electron chi connectivity index (χ1n) is 5.65. The van der Waals surface area contributed by atoms with Gasteiger partial charge in [-0.3, -0.25) is 4.79 Å². The van der Waals surface area contributed by atoms with Crippen LogP contribution in [0.3, 0.4) is 0 Å². The molecule has 0 amide bonds. The SMILES string of the molecule is C[Si](C)(C)CC(Cc1ccccc1)C(=O)O. The maximum absolute atomic E-state index is 11.2. The fourth-order valence-corrected chi connectivity index (χ4v) is 3.68. The first kappa shape index (κ1) is 13.0. The Bertz CT molecular complexity index is 341. The molecular weight excluding hydrogens is 216 g/mol. The molecule has 1 unspecified atom stereocenters. The van der Waals surface area contributed by atoms with Crippen LogP contribution in [0.4, 0.5) is 0 Å². The summed E-state index contributed by atoms with van der Waals surface area (Å²) in [5.41, 5.74) is 1.12. The molecule has 0 radical (unpaired) electrons. The van der Waals surface area contributed by atoms with E-state index in [0.717, 1.165) is 11.6 Å². The van der Waals surface area contributed by atoms with E-state index in [4.69, 9.17) is 0 Å². The van der Waals surface area contributed by atoms with Gasteiger partial charge in [-0.2, -0.15) is 0 Å². The summed E-state index contributed by atoms with van der Waals surface area (Å²) >= 11 is 0. The van der Waals surface area contributed by atoms with Crippen molar-refractivity contribution in [2.24, 2.45) is 5.92 Å². The highest BCUT2D eigenvalue weighted by atomic mass is 28.3. The van der Waals surface area contributed by atoms with Crippen LogP contribution in [0, 0.1) is 5.92 Å². The second kappa shape index (κ2) is 5.30. The van der Waals surface area contributed by atoms with Gasteiger partial charge in [0.15, 0.2) is 0 Å². The molecule has 1 atom stereocenters. The third-order valence-electron chi connectivity index (χ3n) is 2.53. The van der Waals surface area contributed by atoms with Gasteiger partial charge in [0.05, 0.1) is 5.92 Å². The molecule has 3 heteroatoms. The number of hydrogen-bond acceptors (Lipinski definition) is 1. The van der Waals surface area contributed by atoms with Gasteiger partial charge in [0.25, 0.3) is 0 Å². The number of aliphatic carboxylic acids is 1. The molecule has 1 aromatic rings. The van der Waals surface area contributed by atoms with Crippen LogP contribution in [-0.4, -0.2) is 19.1 Å². The summed E-state index contributed by atoms with van der Waals surface area (Å²) in [6.07, 6.45) is 0.653. The molecule has 1 N–H and O–H groups in total. The number of rotatable bonds is 5. The zero-order chi connectivity index (χ0) is 12.2. The van der Waals surface area contributed by atoms with Crippen molar-refractivity contribution in [3.05, 3.63) is 35.9 Å². The van der Waals surface area contributed by atoms with E-state index >= 15 is 0 Å². The molecule has 1 rings (SSSR count). The average molecular weight is 236 g/mol. The van der Waals surface area contributed by atoms with Crippen molar-refractivity contribution in [2.45, 2.75) is 32.1 Å². The summed E-state index contributed by atoms with van der Waals surface area (Å²) in [5.74, 6) is -0.889. The maximum atomic E-state index is 11.2. The zero-order valence-electron chi connectivity index (χ0n) is 10.2. The number of benzene rings is 1. The molecule has 16 heavy (non-hydrogen) atoms. The van der Waals surface area contributed by atoms with Gasteiger partial charge in [-0.15, -0.1) is 0 Å². The minimum Gasteiger partial charge on any atom is -0.481 e. The molecule has 88 valence electrons. The molecule has 0 aliphatic carbocycles. The molecule has 2 nitrogen and oxygen atoms in total. The minimum absolute atomic E-state index is 0.228. The standard InChI is InChI=1S/C13H20O2Si/c1-16(2,3)10-12(13(14)15)9-11-7-5-4-6-8-11/h4-8,12H,9-10H2,1-3H3,(H,14,15). The minimum atomic E-state index is -1.32. The van der Waals surface area contributed by atoms with E-state index in [9.17, 15) is 9.90 Å². The summed E-state index contributed by atoms with van der Waals surface area (Å²) < 4.78 is 0. The van der Waals surface area contributed by atoms with Crippen LogP contribution in [0.15, 0.2) is 30.3 Å². The highest BCUT2D eigenvalue weighted by Crippen LogP contribution is 2.21. The van der Waals surface area contributed by atoms with Gasteiger partial charge >= 0.3 is 5.97 Å². The summed E-state index contributed by atoms with van der Waals surface area (Å²) in [6, 6.07) is 10.7. The lowest BCUT2D eigenvalue weighted by Crippen LogP contribution is -2.29. The third kappa shape index (κ3) is 4.62. The Labute approximate surface area is 98.3 Å². The quantitative estimate of drug-likeness (QED) is 0.797. The molecule has 0 aliphatic rings. The van der Waals surface area contributed by atoms with Gasteiger partial charge in [0, 0.05) is 8.07 Å². The fraction of sp³-hybridized carbons (Fsp3) is 0.462. The smallest absolute Gasteiger partial charge is 0.306 e. The topological polar surface area (TPSA) is 37.3 Å². The van der Waals surface area contributed by atoms with E-state index in [2.05, 4.69) is 19.6 Å². The van der Waals surface area contributed by atoms with Crippen molar-refractivity contribution < 1.29 is 9.90 Å². The van der Waals surface area contributed by atoms with Gasteiger partial charge in [-0.1, -0.05) is 50.0 Å². The van der Waals surface area contributed by atoms with E-state index < -0.39 is 14.0 Å². The normalized spacial score (nSPS) is 13.4. The van der Waals surface area contributed by atoms with Gasteiger partial charge in [0.1, 0.15) is 0 Å². The highest BCUT2D eigenvalue weighted by molar-refractivity contribution is 6.76. The molecule has 0 aliphatic heterocycles. The van der Waals surface area contributed by atoms with E-state index in [-0.39, 0.29) is 5.92 Å². The van der Waals surface area contributed by atoms with Crippen molar-refractivity contribution in [3.63, 3.8) is 0 Å². The molecular formula is C13H20O2Si. The largest absolute Gasteiger partial charge is 0.481 e. The van der Waals surface area contributed by atoms with E-state index in [1.54, 1.807) is 0 Å². The van der Waals surface area contributed by atoms with Gasteiger partial charge < -0.3 is 5.11 Å². The molecule has 1 aromatic carbocycles. The Balaban J connectivity index is 2.70. The molecule has 0 saturated carbocycles. The lowest BCUT2D eigenvalue weighted by Gasteiger charge is -2.21. The zero-order valence-corrected chi connectivity index (χ0v) is 11.2. The number of carboxylic acids is 1. The molecule has 0 bridgehead atoms. The average Bonchev–Trinajstić information content (AvgIpc) is 2.16. The number of carboxylic acid groups (broad SMARTS) is 1. The maximum Gasteiger partial charge on any atom is 0.306 e. The summed E-state index contributed by atoms with van der Waals surface area (Å²) in [7, 11) is -1.32. The number of hydrogen-bond donors (Lipinski definition) is 1. The van der Waals surface area contributed by atoms with Crippen LogP contribution in [0.1, 0.15) is 5.56 Å². The second-order valence-electron chi connectivity index (χ2n) is 5.49. The van der Waals surface area contributed by atoms with Crippen LogP contribution >= 0.6 is 0 Å². The van der Waals surface area contributed by atoms with Crippen LogP contribution in [0.25, 0.3) is 0 Å². The monoisotopic (exact) mass is 236 g/mol. The third-order valence-corrected chi connectivity index (χ3v) is 4.25. The summed E-state index contributed by atoms with van der Waals surface area (Å²) in [4.78, 5) is 11.2. The molecule has 0 fully saturated rings. The van der Waals surface area contributed by atoms with Gasteiger partial charge in [0.2, 0.25) is 0 Å². The Kier molecular flexibility index (Phi) is 4.30. The van der Waals surface area contributed by atoms with Gasteiger partial charge in [-0.05, 0) is 18.0 Å². The van der Waals surface area contributed by atoms with Crippen molar-refractivity contribution in [2.75, 3.05) is 0 Å². The Morgan fingerprint density at radius 3 is 2.25 bits per heavy atom. The molecule has 0 heterocycles. The molecule has 0 saturated heterocycles. The number of carbonyl (C=O) groups is 1. The summed E-state index contributed by atoms with van der Waals surface area (Å²) in [6.45, 7) is 6.65. The Morgan fingerprint density at radius 1 is 1.25 bits per heavy atom. The molecule has 0 aromatic heterocycles. The molecule has 0 spiro atoms. The van der Waals surface area contributed by atoms with Crippen LogP contribution < -0.4 is 0 Å². The lowest BCUT2D eigenvalue weighted by atomic mass is 10.0. The van der Waals surface area contributed by atoms with Crippen molar-refractivity contribution >= 4 is 14.0 Å². The summed E-state index contributed by atoms with van der Waals surface area (Å²) in [5, 5.41) is 9.22. The lowest BCUT2D eigenvalue weighted by molar-refractivity contribution is -0.141. The fourth-order valence-electron chi connectivity index (χ4n) is 1.88. The van der Waals surface area contributed by atoms with E-state index in [0.29, 0.717) is 6.42 Å². The van der Waals surface area contributed by atoms with Crippen LogP contribution in [0.2, 0.25) is 25.7 Å². The predicted octanol–water partition coefficient (Wildman–Crippen LogP) is 3.27. The van der Waals surface area contributed by atoms with Crippen molar-refractivity contribution in [1.82, 2.24) is 0 Å². The van der Waals surface area contributed by atoms with Crippen LogP contribution in [0.5, 0.6) is 0 Å². The first-order valence-corrected chi connectivity index (χ1v) is 9.36. The highest BCUT2D eigenvalue weighted by Gasteiger charge is 2.25. The van der Waals surface area contributed by atoms with E-state index in [1.165, 1.54) is 0 Å².